The Kier molecular flexibility index (Phi) is 5.67. The topological polar surface area (TPSA) is 37.3 Å². The molecule has 1 N–H and O–H groups in total. The first-order valence-electron chi connectivity index (χ1n) is 7.09. The highest BCUT2D eigenvalue weighted by molar-refractivity contribution is 6.18. The van der Waals surface area contributed by atoms with Gasteiger partial charge in [-0.25, -0.2) is 0 Å². The highest BCUT2D eigenvalue weighted by atomic mass is 35.5. The standard InChI is InChI=1S/C18H14ClF3O2/c19-10-9-14-11-13(4-8-17(14)24)16(23)7-3-12-1-5-15(6-2-12)18(20,21)22/h1-8,11,24H,9-10H2/b7-3+. The summed E-state index contributed by atoms with van der Waals surface area (Å²) in [6.45, 7) is 0. The fourth-order valence-corrected chi connectivity index (χ4v) is 2.30. The molecule has 0 saturated carbocycles. The van der Waals surface area contributed by atoms with Gasteiger partial charge in [0.1, 0.15) is 5.75 Å². The van der Waals surface area contributed by atoms with Crippen molar-refractivity contribution in [2.24, 2.45) is 0 Å². The van der Waals surface area contributed by atoms with Crippen molar-refractivity contribution < 1.29 is 23.1 Å². The van der Waals surface area contributed by atoms with Crippen molar-refractivity contribution in [2.75, 3.05) is 5.88 Å². The Balaban J connectivity index is 2.14. The summed E-state index contributed by atoms with van der Waals surface area (Å²) in [6.07, 6.45) is -1.24. The molecule has 2 aromatic carbocycles. The zero-order chi connectivity index (χ0) is 17.7. The van der Waals surface area contributed by atoms with Crippen molar-refractivity contribution in [1.29, 1.82) is 0 Å². The third-order valence-corrected chi connectivity index (χ3v) is 3.58. The number of phenolic OH excluding ortho intramolecular Hbond substituents is 1. The van der Waals surface area contributed by atoms with Gasteiger partial charge in [-0.3, -0.25) is 4.79 Å². The van der Waals surface area contributed by atoms with Crippen LogP contribution in [0.4, 0.5) is 13.2 Å². The van der Waals surface area contributed by atoms with E-state index in [-0.39, 0.29) is 11.5 Å². The van der Waals surface area contributed by atoms with Crippen LogP contribution in [0, 0.1) is 0 Å². The van der Waals surface area contributed by atoms with E-state index in [0.29, 0.717) is 29.0 Å². The summed E-state index contributed by atoms with van der Waals surface area (Å²) in [5.41, 5.74) is 0.682. The third kappa shape index (κ3) is 4.61. The van der Waals surface area contributed by atoms with Crippen LogP contribution in [-0.4, -0.2) is 16.8 Å². The Morgan fingerprint density at radius 2 is 1.79 bits per heavy atom. The van der Waals surface area contributed by atoms with Gasteiger partial charge in [-0.2, -0.15) is 13.2 Å². The fraction of sp³-hybridized carbons (Fsp3) is 0.167. The van der Waals surface area contributed by atoms with Crippen LogP contribution in [0.15, 0.2) is 48.5 Å². The number of alkyl halides is 4. The Hall–Kier alpha value is -2.27. The molecule has 0 spiro atoms. The van der Waals surface area contributed by atoms with Crippen molar-refractivity contribution in [1.82, 2.24) is 0 Å². The Bertz CT molecular complexity index is 750. The quantitative estimate of drug-likeness (QED) is 0.461. The Morgan fingerprint density at radius 1 is 1.12 bits per heavy atom. The first-order chi connectivity index (χ1) is 11.3. The van der Waals surface area contributed by atoms with Crippen LogP contribution in [0.2, 0.25) is 0 Å². The van der Waals surface area contributed by atoms with Crippen molar-refractivity contribution in [3.05, 3.63) is 70.8 Å². The van der Waals surface area contributed by atoms with E-state index in [1.165, 1.54) is 36.4 Å². The molecular weight excluding hydrogens is 341 g/mol. The molecule has 2 aromatic rings. The maximum atomic E-state index is 12.5. The summed E-state index contributed by atoms with van der Waals surface area (Å²) in [5, 5.41) is 9.67. The largest absolute Gasteiger partial charge is 0.508 e. The van der Waals surface area contributed by atoms with Crippen LogP contribution in [-0.2, 0) is 12.6 Å². The number of carbonyl (C=O) groups excluding carboxylic acids is 1. The van der Waals surface area contributed by atoms with Gasteiger partial charge in [-0.05, 0) is 54.0 Å². The molecule has 0 aromatic heterocycles. The molecule has 6 heteroatoms. The number of benzene rings is 2. The predicted octanol–water partition coefficient (Wildman–Crippen LogP) is 5.09. The molecule has 0 unspecified atom stereocenters. The number of rotatable bonds is 5. The minimum Gasteiger partial charge on any atom is -0.508 e. The second-order valence-electron chi connectivity index (χ2n) is 5.10. The van der Waals surface area contributed by atoms with Crippen LogP contribution in [0.1, 0.15) is 27.0 Å². The summed E-state index contributed by atoms with van der Waals surface area (Å²) >= 11 is 5.64. The average molecular weight is 355 g/mol. The van der Waals surface area contributed by atoms with E-state index in [0.717, 1.165) is 12.1 Å². The molecule has 0 aliphatic heterocycles. The number of halogens is 4. The lowest BCUT2D eigenvalue weighted by Gasteiger charge is -2.06. The maximum Gasteiger partial charge on any atom is 0.416 e. The predicted molar refractivity (Wildman–Crippen MR) is 87.3 cm³/mol. The van der Waals surface area contributed by atoms with Crippen LogP contribution in [0.3, 0.4) is 0 Å². The number of aryl methyl sites for hydroxylation is 1. The van der Waals surface area contributed by atoms with E-state index < -0.39 is 11.7 Å². The van der Waals surface area contributed by atoms with Gasteiger partial charge in [-0.1, -0.05) is 18.2 Å². The minimum atomic E-state index is -4.39. The smallest absolute Gasteiger partial charge is 0.416 e. The summed E-state index contributed by atoms with van der Waals surface area (Å²) < 4.78 is 37.5. The summed E-state index contributed by atoms with van der Waals surface area (Å²) in [4.78, 5) is 12.1. The number of phenols is 1. The van der Waals surface area contributed by atoms with Gasteiger partial charge in [0.15, 0.2) is 5.78 Å². The summed E-state index contributed by atoms with van der Waals surface area (Å²) in [7, 11) is 0. The summed E-state index contributed by atoms with van der Waals surface area (Å²) in [6, 6.07) is 8.96. The Morgan fingerprint density at radius 3 is 2.38 bits per heavy atom. The number of hydrogen-bond acceptors (Lipinski definition) is 2. The SMILES string of the molecule is O=C(/C=C/c1ccc(C(F)(F)F)cc1)c1ccc(O)c(CCCl)c1. The van der Waals surface area contributed by atoms with Crippen molar-refractivity contribution >= 4 is 23.5 Å². The molecule has 0 fully saturated rings. The number of carbonyl (C=O) groups is 1. The molecule has 2 nitrogen and oxygen atoms in total. The van der Waals surface area contributed by atoms with Crippen LogP contribution >= 0.6 is 11.6 Å². The lowest BCUT2D eigenvalue weighted by molar-refractivity contribution is -0.137. The first kappa shape index (κ1) is 18.1. The van der Waals surface area contributed by atoms with Gasteiger partial charge >= 0.3 is 6.18 Å². The lowest BCUT2D eigenvalue weighted by Crippen LogP contribution is -2.04. The van der Waals surface area contributed by atoms with Crippen LogP contribution in [0.5, 0.6) is 5.75 Å². The number of allylic oxidation sites excluding steroid dienone is 1. The zero-order valence-corrected chi connectivity index (χ0v) is 13.2. The van der Waals surface area contributed by atoms with Crippen molar-refractivity contribution in [3.8, 4) is 5.75 Å². The van der Waals surface area contributed by atoms with E-state index in [9.17, 15) is 23.1 Å². The minimum absolute atomic E-state index is 0.0684. The molecule has 126 valence electrons. The molecule has 24 heavy (non-hydrogen) atoms. The molecule has 0 radical (unpaired) electrons. The molecule has 0 saturated heterocycles. The fourth-order valence-electron chi connectivity index (χ4n) is 2.09. The molecule has 0 amide bonds. The number of ketones is 1. The number of aromatic hydroxyl groups is 1. The molecular formula is C18H14ClF3O2. The van der Waals surface area contributed by atoms with E-state index in [4.69, 9.17) is 11.6 Å². The first-order valence-corrected chi connectivity index (χ1v) is 7.62. The third-order valence-electron chi connectivity index (χ3n) is 3.39. The van der Waals surface area contributed by atoms with Gasteiger partial charge < -0.3 is 5.11 Å². The van der Waals surface area contributed by atoms with Crippen molar-refractivity contribution in [2.45, 2.75) is 12.6 Å². The van der Waals surface area contributed by atoms with Gasteiger partial charge in [0.2, 0.25) is 0 Å². The van der Waals surface area contributed by atoms with Crippen LogP contribution in [0.25, 0.3) is 6.08 Å². The summed E-state index contributed by atoms with van der Waals surface area (Å²) in [5.74, 6) is 0.0664. The highest BCUT2D eigenvalue weighted by Gasteiger charge is 2.29. The van der Waals surface area contributed by atoms with E-state index in [1.54, 1.807) is 6.07 Å². The molecule has 0 heterocycles. The normalized spacial score (nSPS) is 11.8. The molecule has 0 aliphatic carbocycles. The van der Waals surface area contributed by atoms with E-state index >= 15 is 0 Å². The van der Waals surface area contributed by atoms with Gasteiger partial charge in [-0.15, -0.1) is 11.6 Å². The second kappa shape index (κ2) is 7.53. The molecule has 0 bridgehead atoms. The molecule has 0 aliphatic rings. The van der Waals surface area contributed by atoms with E-state index in [1.807, 2.05) is 0 Å². The van der Waals surface area contributed by atoms with Gasteiger partial charge in [0, 0.05) is 11.4 Å². The monoisotopic (exact) mass is 354 g/mol. The average Bonchev–Trinajstić information content (AvgIpc) is 2.54. The van der Waals surface area contributed by atoms with Gasteiger partial charge in [0.05, 0.1) is 5.56 Å². The number of hydrogen-bond donors (Lipinski definition) is 1. The lowest BCUT2D eigenvalue weighted by atomic mass is 10.0. The van der Waals surface area contributed by atoms with Gasteiger partial charge in [0.25, 0.3) is 0 Å². The maximum absolute atomic E-state index is 12.5. The Labute approximate surface area is 142 Å². The highest BCUT2D eigenvalue weighted by Crippen LogP contribution is 2.29. The molecule has 0 atom stereocenters. The van der Waals surface area contributed by atoms with Crippen molar-refractivity contribution in [3.63, 3.8) is 0 Å². The zero-order valence-electron chi connectivity index (χ0n) is 12.5. The van der Waals surface area contributed by atoms with Crippen LogP contribution < -0.4 is 0 Å². The second-order valence-corrected chi connectivity index (χ2v) is 5.48. The van der Waals surface area contributed by atoms with E-state index in [2.05, 4.69) is 0 Å². The molecule has 2 rings (SSSR count).